The van der Waals surface area contributed by atoms with Gasteiger partial charge in [-0.1, -0.05) is 12.1 Å². The SMILES string of the molecule is CCn1cnnc1CN1CCC[C@H]1C(=O)Nc1ccc(-c2cscn2)cc1. The molecule has 1 fully saturated rings. The van der Waals surface area contributed by atoms with Crippen LogP contribution in [0.5, 0.6) is 0 Å². The second-order valence-corrected chi connectivity index (χ2v) is 7.32. The van der Waals surface area contributed by atoms with Crippen molar-refractivity contribution in [1.29, 1.82) is 0 Å². The van der Waals surface area contributed by atoms with Crippen molar-refractivity contribution in [2.45, 2.75) is 38.9 Å². The van der Waals surface area contributed by atoms with E-state index in [9.17, 15) is 4.79 Å². The lowest BCUT2D eigenvalue weighted by atomic mass is 10.1. The quantitative estimate of drug-likeness (QED) is 0.709. The zero-order valence-corrected chi connectivity index (χ0v) is 16.0. The van der Waals surface area contributed by atoms with Crippen LogP contribution >= 0.6 is 11.3 Å². The van der Waals surface area contributed by atoms with E-state index in [1.54, 1.807) is 17.7 Å². The molecule has 1 aromatic carbocycles. The van der Waals surface area contributed by atoms with Crippen LogP contribution in [0.2, 0.25) is 0 Å². The average Bonchev–Trinajstić information content (AvgIpc) is 3.44. The van der Waals surface area contributed by atoms with Gasteiger partial charge in [0.05, 0.1) is 23.8 Å². The summed E-state index contributed by atoms with van der Waals surface area (Å²) in [5, 5.41) is 13.2. The lowest BCUT2D eigenvalue weighted by Gasteiger charge is -2.23. The number of thiazole rings is 1. The largest absolute Gasteiger partial charge is 0.325 e. The molecule has 0 aliphatic carbocycles. The summed E-state index contributed by atoms with van der Waals surface area (Å²) in [6, 6.07) is 7.70. The fraction of sp³-hybridized carbons (Fsp3) is 0.368. The molecule has 27 heavy (non-hydrogen) atoms. The van der Waals surface area contributed by atoms with Gasteiger partial charge in [0.1, 0.15) is 12.2 Å². The Labute approximate surface area is 162 Å². The van der Waals surface area contributed by atoms with E-state index in [1.807, 2.05) is 39.7 Å². The van der Waals surface area contributed by atoms with E-state index in [1.165, 1.54) is 0 Å². The van der Waals surface area contributed by atoms with E-state index in [0.717, 1.165) is 48.7 Å². The van der Waals surface area contributed by atoms with Gasteiger partial charge >= 0.3 is 0 Å². The number of likely N-dealkylation sites (tertiary alicyclic amines) is 1. The minimum atomic E-state index is -0.134. The Hall–Kier alpha value is -2.58. The summed E-state index contributed by atoms with van der Waals surface area (Å²) in [4.78, 5) is 19.3. The number of carbonyl (C=O) groups is 1. The highest BCUT2D eigenvalue weighted by Gasteiger charge is 2.31. The molecule has 7 nitrogen and oxygen atoms in total. The first-order chi connectivity index (χ1) is 13.2. The predicted molar refractivity (Wildman–Crippen MR) is 105 cm³/mol. The average molecular weight is 382 g/mol. The Kier molecular flexibility index (Phi) is 5.26. The monoisotopic (exact) mass is 382 g/mol. The van der Waals surface area contributed by atoms with Crippen LogP contribution in [0.25, 0.3) is 11.3 Å². The van der Waals surface area contributed by atoms with E-state index in [2.05, 4.69) is 32.3 Å². The number of aryl methyl sites for hydroxylation is 1. The van der Waals surface area contributed by atoms with Crippen LogP contribution in [0.15, 0.2) is 41.5 Å². The highest BCUT2D eigenvalue weighted by Crippen LogP contribution is 2.23. The number of carbonyl (C=O) groups excluding carboxylic acids is 1. The van der Waals surface area contributed by atoms with E-state index in [-0.39, 0.29) is 11.9 Å². The highest BCUT2D eigenvalue weighted by atomic mass is 32.1. The number of benzene rings is 1. The van der Waals surface area contributed by atoms with Gasteiger partial charge in [0.2, 0.25) is 5.91 Å². The molecule has 1 aliphatic rings. The van der Waals surface area contributed by atoms with Crippen molar-refractivity contribution in [1.82, 2.24) is 24.6 Å². The van der Waals surface area contributed by atoms with E-state index in [0.29, 0.717) is 6.54 Å². The Morgan fingerprint density at radius 2 is 2.19 bits per heavy atom. The summed E-state index contributed by atoms with van der Waals surface area (Å²) in [5.41, 5.74) is 4.64. The van der Waals surface area contributed by atoms with Crippen molar-refractivity contribution in [3.63, 3.8) is 0 Å². The molecular formula is C19H22N6OS. The fourth-order valence-electron chi connectivity index (χ4n) is 3.46. The molecular weight excluding hydrogens is 360 g/mol. The van der Waals surface area contributed by atoms with Gasteiger partial charge in [-0.05, 0) is 38.4 Å². The summed E-state index contributed by atoms with van der Waals surface area (Å²) in [7, 11) is 0. The third-order valence-corrected chi connectivity index (χ3v) is 5.51. The molecule has 1 N–H and O–H groups in total. The van der Waals surface area contributed by atoms with Crippen molar-refractivity contribution in [3.8, 4) is 11.3 Å². The number of amides is 1. The number of hydrogen-bond acceptors (Lipinski definition) is 6. The second-order valence-electron chi connectivity index (χ2n) is 6.60. The third kappa shape index (κ3) is 3.91. The Balaban J connectivity index is 1.41. The van der Waals surface area contributed by atoms with Crippen LogP contribution in [-0.4, -0.2) is 43.1 Å². The fourth-order valence-corrected chi connectivity index (χ4v) is 4.03. The van der Waals surface area contributed by atoms with Crippen molar-refractivity contribution in [2.75, 3.05) is 11.9 Å². The number of aromatic nitrogens is 4. The molecule has 140 valence electrons. The summed E-state index contributed by atoms with van der Waals surface area (Å²) in [6.45, 7) is 4.45. The van der Waals surface area contributed by atoms with Crippen LogP contribution in [0.4, 0.5) is 5.69 Å². The zero-order chi connectivity index (χ0) is 18.6. The van der Waals surface area contributed by atoms with Gasteiger partial charge in [0.15, 0.2) is 0 Å². The first-order valence-electron chi connectivity index (χ1n) is 9.15. The molecule has 0 radical (unpaired) electrons. The van der Waals surface area contributed by atoms with Crippen molar-refractivity contribution in [2.24, 2.45) is 0 Å². The number of rotatable bonds is 6. The number of nitrogens with zero attached hydrogens (tertiary/aromatic N) is 5. The van der Waals surface area contributed by atoms with Crippen LogP contribution in [0, 0.1) is 0 Å². The minimum absolute atomic E-state index is 0.0384. The second kappa shape index (κ2) is 7.98. The molecule has 0 spiro atoms. The maximum Gasteiger partial charge on any atom is 0.241 e. The molecule has 1 amide bonds. The van der Waals surface area contributed by atoms with Crippen LogP contribution in [0.3, 0.4) is 0 Å². The molecule has 3 aromatic rings. The Morgan fingerprint density at radius 1 is 1.33 bits per heavy atom. The topological polar surface area (TPSA) is 75.9 Å². The van der Waals surface area contributed by atoms with Crippen LogP contribution < -0.4 is 5.32 Å². The molecule has 1 aliphatic heterocycles. The summed E-state index contributed by atoms with van der Waals surface area (Å²) in [5.74, 6) is 0.946. The molecule has 4 rings (SSSR count). The summed E-state index contributed by atoms with van der Waals surface area (Å²) in [6.07, 6.45) is 3.62. The van der Waals surface area contributed by atoms with Gasteiger partial charge in [0, 0.05) is 23.2 Å². The third-order valence-electron chi connectivity index (χ3n) is 4.93. The molecule has 1 saturated heterocycles. The Bertz CT molecular complexity index is 889. The Morgan fingerprint density at radius 3 is 2.93 bits per heavy atom. The van der Waals surface area contributed by atoms with Crippen molar-refractivity contribution in [3.05, 3.63) is 47.3 Å². The van der Waals surface area contributed by atoms with Gasteiger partial charge in [-0.25, -0.2) is 4.98 Å². The maximum absolute atomic E-state index is 12.8. The van der Waals surface area contributed by atoms with Gasteiger partial charge < -0.3 is 9.88 Å². The zero-order valence-electron chi connectivity index (χ0n) is 15.2. The molecule has 8 heteroatoms. The summed E-state index contributed by atoms with van der Waals surface area (Å²) >= 11 is 1.57. The standard InChI is InChI=1S/C19H22N6OS/c1-2-24-12-21-23-18(24)10-25-9-3-4-17(25)19(26)22-15-7-5-14(6-8-15)16-11-27-13-20-16/h5-8,11-13,17H,2-4,9-10H2,1H3,(H,22,26)/t17-/m0/s1. The van der Waals surface area contributed by atoms with Gasteiger partial charge in [-0.3, -0.25) is 9.69 Å². The van der Waals surface area contributed by atoms with E-state index < -0.39 is 0 Å². The van der Waals surface area contributed by atoms with Gasteiger partial charge in [0.25, 0.3) is 0 Å². The normalized spacial score (nSPS) is 17.3. The molecule has 0 unspecified atom stereocenters. The number of hydrogen-bond donors (Lipinski definition) is 1. The predicted octanol–water partition coefficient (Wildman–Crippen LogP) is 3.02. The minimum Gasteiger partial charge on any atom is -0.325 e. The lowest BCUT2D eigenvalue weighted by molar-refractivity contribution is -0.120. The first-order valence-corrected chi connectivity index (χ1v) is 10.1. The smallest absolute Gasteiger partial charge is 0.241 e. The van der Waals surface area contributed by atoms with Crippen LogP contribution in [0.1, 0.15) is 25.6 Å². The number of anilines is 1. The van der Waals surface area contributed by atoms with Crippen molar-refractivity contribution < 1.29 is 4.79 Å². The van der Waals surface area contributed by atoms with Crippen LogP contribution in [-0.2, 0) is 17.9 Å². The van der Waals surface area contributed by atoms with Gasteiger partial charge in [-0.2, -0.15) is 0 Å². The lowest BCUT2D eigenvalue weighted by Crippen LogP contribution is -2.39. The molecule has 0 saturated carbocycles. The number of nitrogens with one attached hydrogen (secondary N) is 1. The van der Waals surface area contributed by atoms with Gasteiger partial charge in [-0.15, -0.1) is 21.5 Å². The molecule has 0 bridgehead atoms. The first kappa shape index (κ1) is 17.8. The maximum atomic E-state index is 12.8. The molecule has 1 atom stereocenters. The highest BCUT2D eigenvalue weighted by molar-refractivity contribution is 7.07. The summed E-state index contributed by atoms with van der Waals surface area (Å²) < 4.78 is 2.02. The van der Waals surface area contributed by atoms with E-state index >= 15 is 0 Å². The molecule has 2 aromatic heterocycles. The van der Waals surface area contributed by atoms with E-state index in [4.69, 9.17) is 0 Å². The van der Waals surface area contributed by atoms with Crippen molar-refractivity contribution >= 4 is 22.9 Å². The molecule has 3 heterocycles.